The second kappa shape index (κ2) is 5.38. The van der Waals surface area contributed by atoms with Crippen LogP contribution in [-0.4, -0.2) is 6.04 Å². The van der Waals surface area contributed by atoms with Gasteiger partial charge in [-0.1, -0.05) is 38.8 Å². The van der Waals surface area contributed by atoms with Crippen molar-refractivity contribution in [3.05, 3.63) is 29.8 Å². The Balaban J connectivity index is 2.02. The van der Waals surface area contributed by atoms with Gasteiger partial charge in [-0.05, 0) is 42.9 Å². The minimum Gasteiger partial charge on any atom is -0.382 e. The highest BCUT2D eigenvalue weighted by Gasteiger charge is 2.25. The molecule has 0 heterocycles. The summed E-state index contributed by atoms with van der Waals surface area (Å²) in [5, 5.41) is 3.72. The van der Waals surface area contributed by atoms with Gasteiger partial charge in [0.15, 0.2) is 0 Å². The third kappa shape index (κ3) is 2.58. The molecule has 16 heavy (non-hydrogen) atoms. The van der Waals surface area contributed by atoms with Crippen molar-refractivity contribution in [3.63, 3.8) is 0 Å². The second-order valence-electron chi connectivity index (χ2n) is 4.90. The van der Waals surface area contributed by atoms with Gasteiger partial charge >= 0.3 is 0 Å². The first-order chi connectivity index (χ1) is 7.83. The lowest BCUT2D eigenvalue weighted by Gasteiger charge is -2.21. The number of rotatable bonds is 4. The summed E-state index contributed by atoms with van der Waals surface area (Å²) in [5.74, 6) is 0.880. The molecule has 2 unspecified atom stereocenters. The Bertz CT molecular complexity index is 332. The van der Waals surface area contributed by atoms with E-state index in [1.54, 1.807) is 0 Å². The van der Waals surface area contributed by atoms with Gasteiger partial charge in [-0.3, -0.25) is 0 Å². The summed E-state index contributed by atoms with van der Waals surface area (Å²) in [6.45, 7) is 4.52. The average molecular weight is 217 g/mol. The van der Waals surface area contributed by atoms with E-state index in [9.17, 15) is 0 Å². The molecule has 1 fully saturated rings. The maximum Gasteiger partial charge on any atom is 0.0345 e. The van der Waals surface area contributed by atoms with Crippen LogP contribution in [-0.2, 0) is 6.42 Å². The normalized spacial score (nSPS) is 24.6. The van der Waals surface area contributed by atoms with Crippen LogP contribution in [0.25, 0.3) is 0 Å². The fraction of sp³-hybridized carbons (Fsp3) is 0.600. The molecule has 88 valence electrons. The Morgan fingerprint density at radius 1 is 1.25 bits per heavy atom. The van der Waals surface area contributed by atoms with Crippen molar-refractivity contribution in [2.75, 3.05) is 5.32 Å². The highest BCUT2D eigenvalue weighted by molar-refractivity contribution is 5.46. The smallest absolute Gasteiger partial charge is 0.0345 e. The lowest BCUT2D eigenvalue weighted by Crippen LogP contribution is -2.23. The maximum absolute atomic E-state index is 3.72. The van der Waals surface area contributed by atoms with E-state index in [1.807, 2.05) is 0 Å². The molecule has 1 aromatic carbocycles. The molecule has 2 atom stereocenters. The van der Waals surface area contributed by atoms with Crippen LogP contribution < -0.4 is 5.32 Å². The van der Waals surface area contributed by atoms with Crippen molar-refractivity contribution in [2.45, 2.75) is 52.0 Å². The molecule has 0 saturated heterocycles. The SMILES string of the molecule is CCc1cccc(NC2CCCC2CC)c1. The predicted octanol–water partition coefficient (Wildman–Crippen LogP) is 4.24. The molecular formula is C15H23N. The zero-order valence-corrected chi connectivity index (χ0v) is 10.5. The number of anilines is 1. The molecule has 0 spiro atoms. The van der Waals surface area contributed by atoms with Gasteiger partial charge in [0, 0.05) is 11.7 Å². The zero-order chi connectivity index (χ0) is 11.4. The molecule has 1 aliphatic rings. The quantitative estimate of drug-likeness (QED) is 0.795. The van der Waals surface area contributed by atoms with Crippen LogP contribution in [0.15, 0.2) is 24.3 Å². The Hall–Kier alpha value is -0.980. The Kier molecular flexibility index (Phi) is 3.87. The minimum atomic E-state index is 0.706. The Morgan fingerprint density at radius 2 is 2.12 bits per heavy atom. The van der Waals surface area contributed by atoms with Gasteiger partial charge in [-0.15, -0.1) is 0 Å². The molecule has 1 aliphatic carbocycles. The molecule has 0 amide bonds. The summed E-state index contributed by atoms with van der Waals surface area (Å²) in [7, 11) is 0. The van der Waals surface area contributed by atoms with Crippen molar-refractivity contribution in [2.24, 2.45) is 5.92 Å². The third-order valence-electron chi connectivity index (χ3n) is 3.87. The summed E-state index contributed by atoms with van der Waals surface area (Å²) in [5.41, 5.74) is 2.74. The largest absolute Gasteiger partial charge is 0.382 e. The van der Waals surface area contributed by atoms with Gasteiger partial charge < -0.3 is 5.32 Å². The Labute approximate surface area is 99.3 Å². The molecule has 1 N–H and O–H groups in total. The molecule has 1 aromatic rings. The average Bonchev–Trinajstić information content (AvgIpc) is 2.76. The van der Waals surface area contributed by atoms with Gasteiger partial charge in [0.25, 0.3) is 0 Å². The standard InChI is InChI=1S/C15H23N/c1-3-12-7-5-9-14(11-12)16-15-10-6-8-13(15)4-2/h5,7,9,11,13,15-16H,3-4,6,8,10H2,1-2H3. The summed E-state index contributed by atoms with van der Waals surface area (Å²) in [6, 6.07) is 9.57. The number of nitrogens with one attached hydrogen (secondary N) is 1. The van der Waals surface area contributed by atoms with E-state index < -0.39 is 0 Å². The van der Waals surface area contributed by atoms with Crippen LogP contribution in [0.1, 0.15) is 45.1 Å². The van der Waals surface area contributed by atoms with E-state index in [-0.39, 0.29) is 0 Å². The van der Waals surface area contributed by atoms with Gasteiger partial charge in [0.2, 0.25) is 0 Å². The van der Waals surface area contributed by atoms with Gasteiger partial charge in [-0.25, -0.2) is 0 Å². The van der Waals surface area contributed by atoms with Crippen LogP contribution in [0, 0.1) is 5.92 Å². The predicted molar refractivity (Wildman–Crippen MR) is 70.9 cm³/mol. The van der Waals surface area contributed by atoms with Crippen molar-refractivity contribution >= 4 is 5.69 Å². The monoisotopic (exact) mass is 217 g/mol. The first-order valence-corrected chi connectivity index (χ1v) is 6.69. The summed E-state index contributed by atoms with van der Waals surface area (Å²) < 4.78 is 0. The topological polar surface area (TPSA) is 12.0 Å². The van der Waals surface area contributed by atoms with Crippen molar-refractivity contribution < 1.29 is 0 Å². The van der Waals surface area contributed by atoms with Crippen molar-refractivity contribution in [1.82, 2.24) is 0 Å². The lowest BCUT2D eigenvalue weighted by atomic mass is 10.0. The first kappa shape index (κ1) is 11.5. The van der Waals surface area contributed by atoms with E-state index in [2.05, 4.69) is 43.4 Å². The molecule has 2 rings (SSSR count). The molecule has 0 radical (unpaired) electrons. The highest BCUT2D eigenvalue weighted by Crippen LogP contribution is 2.30. The van der Waals surface area contributed by atoms with Crippen LogP contribution >= 0.6 is 0 Å². The zero-order valence-electron chi connectivity index (χ0n) is 10.5. The summed E-state index contributed by atoms with van der Waals surface area (Å²) >= 11 is 0. The second-order valence-corrected chi connectivity index (χ2v) is 4.90. The van der Waals surface area contributed by atoms with Gasteiger partial charge in [-0.2, -0.15) is 0 Å². The maximum atomic E-state index is 3.72. The minimum absolute atomic E-state index is 0.706. The van der Waals surface area contributed by atoms with Crippen LogP contribution in [0.2, 0.25) is 0 Å². The molecule has 1 saturated carbocycles. The molecular weight excluding hydrogens is 194 g/mol. The van der Waals surface area contributed by atoms with Crippen molar-refractivity contribution in [1.29, 1.82) is 0 Å². The molecule has 0 aromatic heterocycles. The first-order valence-electron chi connectivity index (χ1n) is 6.69. The molecule has 1 nitrogen and oxygen atoms in total. The van der Waals surface area contributed by atoms with Gasteiger partial charge in [0.1, 0.15) is 0 Å². The molecule has 0 bridgehead atoms. The van der Waals surface area contributed by atoms with Crippen molar-refractivity contribution in [3.8, 4) is 0 Å². The fourth-order valence-electron chi connectivity index (χ4n) is 2.81. The number of hydrogen-bond donors (Lipinski definition) is 1. The van der Waals surface area contributed by atoms with E-state index >= 15 is 0 Å². The Morgan fingerprint density at radius 3 is 2.88 bits per heavy atom. The summed E-state index contributed by atoms with van der Waals surface area (Å²) in [4.78, 5) is 0. The number of hydrogen-bond acceptors (Lipinski definition) is 1. The number of aryl methyl sites for hydroxylation is 1. The lowest BCUT2D eigenvalue weighted by molar-refractivity contribution is 0.489. The van der Waals surface area contributed by atoms with E-state index in [0.717, 1.165) is 12.3 Å². The highest BCUT2D eigenvalue weighted by atomic mass is 14.9. The van der Waals surface area contributed by atoms with E-state index in [0.29, 0.717) is 6.04 Å². The molecule has 0 aliphatic heterocycles. The fourth-order valence-corrected chi connectivity index (χ4v) is 2.81. The van der Waals surface area contributed by atoms with E-state index in [1.165, 1.54) is 36.9 Å². The van der Waals surface area contributed by atoms with Crippen LogP contribution in [0.3, 0.4) is 0 Å². The summed E-state index contributed by atoms with van der Waals surface area (Å²) in [6.07, 6.45) is 6.57. The van der Waals surface area contributed by atoms with Gasteiger partial charge in [0.05, 0.1) is 0 Å². The molecule has 1 heteroatoms. The van der Waals surface area contributed by atoms with Crippen LogP contribution in [0.5, 0.6) is 0 Å². The third-order valence-corrected chi connectivity index (χ3v) is 3.87. The van der Waals surface area contributed by atoms with E-state index in [4.69, 9.17) is 0 Å². The number of benzene rings is 1. The van der Waals surface area contributed by atoms with Crippen LogP contribution in [0.4, 0.5) is 5.69 Å².